The van der Waals surface area contributed by atoms with E-state index in [2.05, 4.69) is 20.8 Å². The summed E-state index contributed by atoms with van der Waals surface area (Å²) < 4.78 is 3.40. The zero-order valence-corrected chi connectivity index (χ0v) is 17.6. The Kier molecular flexibility index (Phi) is 6.03. The number of nitrogens with one attached hydrogen (secondary N) is 2. The van der Waals surface area contributed by atoms with E-state index >= 15 is 0 Å². The van der Waals surface area contributed by atoms with E-state index in [9.17, 15) is 14.4 Å². The van der Waals surface area contributed by atoms with E-state index in [4.69, 9.17) is 0 Å². The Labute approximate surface area is 177 Å². The molecule has 0 saturated heterocycles. The van der Waals surface area contributed by atoms with Gasteiger partial charge in [0, 0.05) is 12.6 Å². The molecule has 3 amide bonds. The van der Waals surface area contributed by atoms with Gasteiger partial charge in [0.05, 0.1) is 16.7 Å². The van der Waals surface area contributed by atoms with Crippen LogP contribution >= 0.6 is 11.8 Å². The molecule has 1 fully saturated rings. The van der Waals surface area contributed by atoms with Gasteiger partial charge in [-0.15, -0.1) is 10.2 Å². The third-order valence-corrected chi connectivity index (χ3v) is 6.13. The molecule has 1 aliphatic rings. The van der Waals surface area contributed by atoms with Gasteiger partial charge in [-0.2, -0.15) is 0 Å². The fraction of sp³-hybridized carbons (Fsp3) is 0.450. The topological polar surface area (TPSA) is 110 Å². The molecule has 1 aromatic carbocycles. The normalized spacial score (nSPS) is 14.4. The lowest BCUT2D eigenvalue weighted by Gasteiger charge is -2.12. The molecule has 0 atom stereocenters. The molecule has 10 heteroatoms. The number of aromatic nitrogens is 4. The monoisotopic (exact) mass is 428 g/mol. The second-order valence-electron chi connectivity index (χ2n) is 7.38. The Balaban J connectivity index is 1.54. The van der Waals surface area contributed by atoms with Gasteiger partial charge in [0.15, 0.2) is 5.16 Å². The number of hydrogen-bond acceptors (Lipinski definition) is 6. The van der Waals surface area contributed by atoms with Crippen LogP contribution in [0.2, 0.25) is 0 Å². The maximum atomic E-state index is 12.8. The number of amides is 3. The molecule has 0 bridgehead atoms. The molecule has 30 heavy (non-hydrogen) atoms. The first-order valence-electron chi connectivity index (χ1n) is 10.2. The number of nitrogens with zero attached hydrogens (tertiary/aromatic N) is 4. The number of para-hydroxylation sites is 1. The van der Waals surface area contributed by atoms with Gasteiger partial charge in [0.1, 0.15) is 0 Å². The van der Waals surface area contributed by atoms with E-state index in [0.717, 1.165) is 32.1 Å². The number of aryl methyl sites for hydroxylation is 1. The van der Waals surface area contributed by atoms with Crippen LogP contribution in [0.3, 0.4) is 0 Å². The number of urea groups is 1. The van der Waals surface area contributed by atoms with Crippen LogP contribution < -0.4 is 16.2 Å². The van der Waals surface area contributed by atoms with Gasteiger partial charge >= 0.3 is 6.03 Å². The molecular weight excluding hydrogens is 404 g/mol. The maximum absolute atomic E-state index is 12.8. The number of imide groups is 1. The van der Waals surface area contributed by atoms with Crippen molar-refractivity contribution in [3.63, 3.8) is 0 Å². The molecule has 0 spiro atoms. The molecule has 9 nitrogen and oxygen atoms in total. The minimum atomic E-state index is -0.458. The average molecular weight is 429 g/mol. The summed E-state index contributed by atoms with van der Waals surface area (Å²) in [5, 5.41) is 14.7. The first-order valence-corrected chi connectivity index (χ1v) is 11.2. The van der Waals surface area contributed by atoms with Gasteiger partial charge in [-0.05, 0) is 31.4 Å². The van der Waals surface area contributed by atoms with Crippen LogP contribution in [0.1, 0.15) is 39.0 Å². The predicted molar refractivity (Wildman–Crippen MR) is 115 cm³/mol. The maximum Gasteiger partial charge on any atom is 0.321 e. The Morgan fingerprint density at radius 1 is 1.20 bits per heavy atom. The molecule has 158 valence electrons. The van der Waals surface area contributed by atoms with Crippen LogP contribution in [0.4, 0.5) is 4.79 Å². The molecule has 2 heterocycles. The van der Waals surface area contributed by atoms with Crippen LogP contribution in [0, 0.1) is 0 Å². The van der Waals surface area contributed by atoms with Gasteiger partial charge in [-0.1, -0.05) is 43.7 Å². The molecule has 3 aromatic rings. The number of thioether (sulfide) groups is 1. The standard InChI is InChI=1S/C20H24N6O3S/c1-2-11-25-17(28)14-9-5-6-10-15(14)26-19(25)23-24-20(26)30-12-16(27)22-18(29)21-13-7-3-4-8-13/h5-6,9-10,13H,2-4,7-8,11-12H2,1H3,(H2,21,22,27,29). The molecule has 0 aliphatic heterocycles. The predicted octanol–water partition coefficient (Wildman–Crippen LogP) is 2.31. The lowest BCUT2D eigenvalue weighted by Crippen LogP contribution is -2.44. The van der Waals surface area contributed by atoms with E-state index in [0.29, 0.717) is 28.4 Å². The van der Waals surface area contributed by atoms with E-state index in [1.54, 1.807) is 15.0 Å². The summed E-state index contributed by atoms with van der Waals surface area (Å²) in [6, 6.07) is 6.97. The summed E-state index contributed by atoms with van der Waals surface area (Å²) >= 11 is 1.18. The molecular formula is C20H24N6O3S. The van der Waals surface area contributed by atoms with E-state index in [1.165, 1.54) is 11.8 Å². The van der Waals surface area contributed by atoms with Gasteiger partial charge < -0.3 is 5.32 Å². The zero-order chi connectivity index (χ0) is 21.1. The Morgan fingerprint density at radius 3 is 2.73 bits per heavy atom. The zero-order valence-electron chi connectivity index (χ0n) is 16.8. The summed E-state index contributed by atoms with van der Waals surface area (Å²) in [5.41, 5.74) is 0.585. The molecule has 0 unspecified atom stereocenters. The van der Waals surface area contributed by atoms with E-state index < -0.39 is 11.9 Å². The minimum Gasteiger partial charge on any atom is -0.335 e. The van der Waals surface area contributed by atoms with Crippen LogP contribution in [-0.4, -0.2) is 42.9 Å². The Hall–Kier alpha value is -2.88. The van der Waals surface area contributed by atoms with Crippen LogP contribution in [0.5, 0.6) is 0 Å². The van der Waals surface area contributed by atoms with Crippen molar-refractivity contribution < 1.29 is 9.59 Å². The summed E-state index contributed by atoms with van der Waals surface area (Å²) in [6.07, 6.45) is 4.89. The Morgan fingerprint density at radius 2 is 1.97 bits per heavy atom. The van der Waals surface area contributed by atoms with Gasteiger partial charge in [-0.25, -0.2) is 4.79 Å². The lowest BCUT2D eigenvalue weighted by atomic mass is 10.2. The van der Waals surface area contributed by atoms with Crippen molar-refractivity contribution in [2.24, 2.45) is 0 Å². The second-order valence-corrected chi connectivity index (χ2v) is 8.33. The molecule has 4 rings (SSSR count). The Bertz CT molecular complexity index is 1150. The van der Waals surface area contributed by atoms with E-state index in [-0.39, 0.29) is 17.4 Å². The summed E-state index contributed by atoms with van der Waals surface area (Å²) in [5.74, 6) is 0.0565. The molecule has 0 radical (unpaired) electrons. The smallest absolute Gasteiger partial charge is 0.321 e. The largest absolute Gasteiger partial charge is 0.335 e. The highest BCUT2D eigenvalue weighted by Gasteiger charge is 2.20. The van der Waals surface area contributed by atoms with Gasteiger partial charge in [0.2, 0.25) is 11.7 Å². The number of carbonyl (C=O) groups excluding carboxylic acids is 2. The third-order valence-electron chi connectivity index (χ3n) is 5.20. The van der Waals surface area contributed by atoms with Gasteiger partial charge in [0.25, 0.3) is 5.56 Å². The number of rotatable bonds is 6. The highest BCUT2D eigenvalue weighted by Crippen LogP contribution is 2.21. The summed E-state index contributed by atoms with van der Waals surface area (Å²) in [4.78, 5) is 37.1. The number of benzene rings is 1. The third kappa shape index (κ3) is 4.04. The van der Waals surface area contributed by atoms with Crippen molar-refractivity contribution in [3.05, 3.63) is 34.6 Å². The number of fused-ring (bicyclic) bond motifs is 3. The van der Waals surface area contributed by atoms with Gasteiger partial charge in [-0.3, -0.25) is 23.9 Å². The van der Waals surface area contributed by atoms with Crippen molar-refractivity contribution in [1.29, 1.82) is 0 Å². The number of carbonyl (C=O) groups is 2. The summed E-state index contributed by atoms with van der Waals surface area (Å²) in [7, 11) is 0. The second kappa shape index (κ2) is 8.86. The minimum absolute atomic E-state index is 0.0140. The highest BCUT2D eigenvalue weighted by molar-refractivity contribution is 7.99. The van der Waals surface area contributed by atoms with Crippen LogP contribution in [-0.2, 0) is 11.3 Å². The average Bonchev–Trinajstić information content (AvgIpc) is 3.39. The fourth-order valence-corrected chi connectivity index (χ4v) is 4.58. The number of hydrogen-bond donors (Lipinski definition) is 2. The van der Waals surface area contributed by atoms with Crippen molar-refractivity contribution in [1.82, 2.24) is 29.8 Å². The fourth-order valence-electron chi connectivity index (χ4n) is 3.84. The first kappa shape index (κ1) is 20.4. The molecule has 2 aromatic heterocycles. The van der Waals surface area contributed by atoms with Crippen LogP contribution in [0.25, 0.3) is 16.7 Å². The highest BCUT2D eigenvalue weighted by atomic mass is 32.2. The van der Waals surface area contributed by atoms with Crippen molar-refractivity contribution in [3.8, 4) is 0 Å². The first-order chi connectivity index (χ1) is 14.6. The molecule has 1 aliphatic carbocycles. The van der Waals surface area contributed by atoms with Crippen LogP contribution in [0.15, 0.2) is 34.2 Å². The van der Waals surface area contributed by atoms with Crippen molar-refractivity contribution >= 4 is 40.4 Å². The van der Waals surface area contributed by atoms with Crippen molar-refractivity contribution in [2.75, 3.05) is 5.75 Å². The SMILES string of the molecule is CCCn1c(=O)c2ccccc2n2c(SCC(=O)NC(=O)NC3CCCC3)nnc12. The summed E-state index contributed by atoms with van der Waals surface area (Å²) in [6.45, 7) is 2.52. The van der Waals surface area contributed by atoms with Crippen molar-refractivity contribution in [2.45, 2.75) is 56.8 Å². The quantitative estimate of drug-likeness (QED) is 0.583. The lowest BCUT2D eigenvalue weighted by molar-refractivity contribution is -0.117. The molecule has 2 N–H and O–H groups in total. The molecule has 1 saturated carbocycles. The van der Waals surface area contributed by atoms with E-state index in [1.807, 2.05) is 25.1 Å².